The summed E-state index contributed by atoms with van der Waals surface area (Å²) in [6, 6.07) is 0. The predicted molar refractivity (Wildman–Crippen MR) is 47.9 cm³/mol. The molecule has 3 N–H and O–H groups in total. The highest BCUT2D eigenvalue weighted by Gasteiger charge is 1.88. The van der Waals surface area contributed by atoms with Crippen molar-refractivity contribution in [2.75, 3.05) is 39.5 Å². The van der Waals surface area contributed by atoms with E-state index in [1.807, 2.05) is 0 Å². The molecule has 0 heterocycles. The molecule has 0 rings (SSSR count). The highest BCUT2D eigenvalue weighted by molar-refractivity contribution is 4.37. The molecular weight excluding hydrogens is 156 g/mol. The van der Waals surface area contributed by atoms with Crippen molar-refractivity contribution in [3.05, 3.63) is 0 Å². The predicted octanol–water partition coefficient (Wildman–Crippen LogP) is 0.0414. The van der Waals surface area contributed by atoms with E-state index >= 15 is 0 Å². The average molecular weight is 175 g/mol. The standard InChI is InChI=1S/C8H19N2O2/c9-3-1-5-11-7-8-12-6-2-4-10/h9H,1-8,10H2. The van der Waals surface area contributed by atoms with E-state index in [1.54, 1.807) is 0 Å². The van der Waals surface area contributed by atoms with Gasteiger partial charge in [0.2, 0.25) is 0 Å². The topological polar surface area (TPSA) is 68.3 Å². The molecule has 0 aromatic heterocycles. The summed E-state index contributed by atoms with van der Waals surface area (Å²) >= 11 is 0. The Kier molecular flexibility index (Phi) is 10.7. The van der Waals surface area contributed by atoms with Crippen molar-refractivity contribution in [1.29, 1.82) is 0 Å². The van der Waals surface area contributed by atoms with Crippen LogP contribution >= 0.6 is 0 Å². The Balaban J connectivity index is 2.73. The fourth-order valence-electron chi connectivity index (χ4n) is 0.682. The van der Waals surface area contributed by atoms with Crippen LogP contribution in [0.5, 0.6) is 0 Å². The SMILES string of the molecule is [NH]CCCOCCOCCCN. The lowest BCUT2D eigenvalue weighted by Gasteiger charge is -2.03. The number of rotatable bonds is 9. The van der Waals surface area contributed by atoms with Crippen LogP contribution in [0.15, 0.2) is 0 Å². The number of hydrogen-bond donors (Lipinski definition) is 1. The van der Waals surface area contributed by atoms with Gasteiger partial charge in [-0.15, -0.1) is 0 Å². The molecule has 4 heteroatoms. The molecule has 0 unspecified atom stereocenters. The van der Waals surface area contributed by atoms with Gasteiger partial charge in [0, 0.05) is 19.8 Å². The number of hydrogen-bond acceptors (Lipinski definition) is 3. The maximum atomic E-state index is 6.85. The van der Waals surface area contributed by atoms with Crippen LogP contribution < -0.4 is 11.5 Å². The molecule has 0 aliphatic carbocycles. The molecule has 0 saturated carbocycles. The summed E-state index contributed by atoms with van der Waals surface area (Å²) in [6.07, 6.45) is 1.72. The van der Waals surface area contributed by atoms with Crippen molar-refractivity contribution in [1.82, 2.24) is 5.73 Å². The van der Waals surface area contributed by atoms with Crippen LogP contribution in [0.3, 0.4) is 0 Å². The number of nitrogens with two attached hydrogens (primary N) is 1. The third-order valence-corrected chi connectivity index (χ3v) is 1.33. The second kappa shape index (κ2) is 10.8. The Labute approximate surface area is 74.2 Å². The van der Waals surface area contributed by atoms with Crippen molar-refractivity contribution in [3.63, 3.8) is 0 Å². The molecule has 0 atom stereocenters. The monoisotopic (exact) mass is 175 g/mol. The van der Waals surface area contributed by atoms with Gasteiger partial charge in [-0.2, -0.15) is 0 Å². The van der Waals surface area contributed by atoms with E-state index < -0.39 is 0 Å². The van der Waals surface area contributed by atoms with Crippen LogP contribution in [0.4, 0.5) is 0 Å². The molecule has 0 spiro atoms. The van der Waals surface area contributed by atoms with Crippen molar-refractivity contribution < 1.29 is 9.47 Å². The summed E-state index contributed by atoms with van der Waals surface area (Å²) in [5.74, 6) is 0. The minimum atomic E-state index is 0.439. The van der Waals surface area contributed by atoms with Crippen molar-refractivity contribution in [2.24, 2.45) is 5.73 Å². The fourth-order valence-corrected chi connectivity index (χ4v) is 0.682. The van der Waals surface area contributed by atoms with Crippen molar-refractivity contribution in [2.45, 2.75) is 12.8 Å². The van der Waals surface area contributed by atoms with Gasteiger partial charge in [-0.05, 0) is 19.4 Å². The van der Waals surface area contributed by atoms with Gasteiger partial charge < -0.3 is 15.2 Å². The molecule has 0 aliphatic heterocycles. The molecule has 73 valence electrons. The largest absolute Gasteiger partial charge is 0.379 e. The molecule has 0 amide bonds. The van der Waals surface area contributed by atoms with Crippen LogP contribution in [0.1, 0.15) is 12.8 Å². The van der Waals surface area contributed by atoms with E-state index in [9.17, 15) is 0 Å². The summed E-state index contributed by atoms with van der Waals surface area (Å²) < 4.78 is 10.4. The van der Waals surface area contributed by atoms with Gasteiger partial charge >= 0.3 is 0 Å². The van der Waals surface area contributed by atoms with Gasteiger partial charge in [0.25, 0.3) is 0 Å². The van der Waals surface area contributed by atoms with E-state index in [2.05, 4.69) is 0 Å². The van der Waals surface area contributed by atoms with Crippen molar-refractivity contribution in [3.8, 4) is 0 Å². The lowest BCUT2D eigenvalue weighted by molar-refractivity contribution is 0.0471. The second-order valence-electron chi connectivity index (χ2n) is 2.47. The molecular formula is C8H19N2O2. The van der Waals surface area contributed by atoms with Crippen LogP contribution in [0.25, 0.3) is 0 Å². The zero-order chi connectivity index (χ0) is 9.07. The third-order valence-electron chi connectivity index (χ3n) is 1.33. The van der Waals surface area contributed by atoms with Crippen LogP contribution in [0, 0.1) is 0 Å². The lowest BCUT2D eigenvalue weighted by Crippen LogP contribution is -2.09. The summed E-state index contributed by atoms with van der Waals surface area (Å²) in [5.41, 5.74) is 12.1. The molecule has 0 saturated heterocycles. The third kappa shape index (κ3) is 9.84. The summed E-state index contributed by atoms with van der Waals surface area (Å²) in [4.78, 5) is 0. The van der Waals surface area contributed by atoms with Crippen LogP contribution in [-0.2, 0) is 9.47 Å². The first-order valence-corrected chi connectivity index (χ1v) is 4.42. The molecule has 0 fully saturated rings. The smallest absolute Gasteiger partial charge is 0.0700 e. The zero-order valence-corrected chi connectivity index (χ0v) is 7.55. The highest BCUT2D eigenvalue weighted by Crippen LogP contribution is 1.83. The van der Waals surface area contributed by atoms with Gasteiger partial charge in [-0.25, -0.2) is 0 Å². The van der Waals surface area contributed by atoms with E-state index in [1.165, 1.54) is 0 Å². The average Bonchev–Trinajstić information content (AvgIpc) is 2.10. The first-order valence-electron chi connectivity index (χ1n) is 4.42. The Bertz CT molecular complexity index is 71.5. The summed E-state index contributed by atoms with van der Waals surface area (Å²) in [6.45, 7) is 3.78. The first kappa shape index (κ1) is 11.8. The quantitative estimate of drug-likeness (QED) is 0.503. The Morgan fingerprint density at radius 3 is 2.00 bits per heavy atom. The Morgan fingerprint density at radius 1 is 0.917 bits per heavy atom. The molecule has 0 bridgehead atoms. The van der Waals surface area contributed by atoms with Crippen LogP contribution in [0.2, 0.25) is 0 Å². The second-order valence-corrected chi connectivity index (χ2v) is 2.47. The van der Waals surface area contributed by atoms with Crippen LogP contribution in [-0.4, -0.2) is 39.5 Å². The molecule has 12 heavy (non-hydrogen) atoms. The van der Waals surface area contributed by atoms with Crippen molar-refractivity contribution >= 4 is 0 Å². The number of nitrogens with one attached hydrogen (secondary N) is 1. The van der Waals surface area contributed by atoms with E-state index in [0.29, 0.717) is 32.9 Å². The van der Waals surface area contributed by atoms with E-state index in [0.717, 1.165) is 19.4 Å². The minimum Gasteiger partial charge on any atom is -0.379 e. The van der Waals surface area contributed by atoms with Gasteiger partial charge in [-0.3, -0.25) is 5.73 Å². The normalized spacial score (nSPS) is 10.5. The molecule has 1 radical (unpaired) electrons. The van der Waals surface area contributed by atoms with Gasteiger partial charge in [0.15, 0.2) is 0 Å². The van der Waals surface area contributed by atoms with Gasteiger partial charge in [0.1, 0.15) is 0 Å². The molecule has 4 nitrogen and oxygen atoms in total. The van der Waals surface area contributed by atoms with E-state index in [4.69, 9.17) is 20.9 Å². The summed E-state index contributed by atoms with van der Waals surface area (Å²) in [5, 5.41) is 0. The molecule has 0 aromatic rings. The van der Waals surface area contributed by atoms with Gasteiger partial charge in [-0.1, -0.05) is 0 Å². The maximum Gasteiger partial charge on any atom is 0.0700 e. The first-order chi connectivity index (χ1) is 5.91. The molecule has 0 aromatic carbocycles. The Hall–Kier alpha value is -0.160. The lowest BCUT2D eigenvalue weighted by atomic mass is 10.5. The van der Waals surface area contributed by atoms with Gasteiger partial charge in [0.05, 0.1) is 13.2 Å². The summed E-state index contributed by atoms with van der Waals surface area (Å²) in [7, 11) is 0. The minimum absolute atomic E-state index is 0.439. The molecule has 0 aliphatic rings. The number of ether oxygens (including phenoxy) is 2. The maximum absolute atomic E-state index is 6.85. The zero-order valence-electron chi connectivity index (χ0n) is 7.55. The highest BCUT2D eigenvalue weighted by atomic mass is 16.5. The Morgan fingerprint density at radius 2 is 1.50 bits per heavy atom. The fraction of sp³-hybridized carbons (Fsp3) is 1.00. The van der Waals surface area contributed by atoms with E-state index in [-0.39, 0.29) is 0 Å².